The Labute approximate surface area is 194 Å². The smallest absolute Gasteiger partial charge is 0.319 e. The topological polar surface area (TPSA) is 35.5 Å². The van der Waals surface area contributed by atoms with Crippen LogP contribution in [0, 0.1) is 11.3 Å². The van der Waals surface area contributed by atoms with Crippen LogP contribution < -0.4 is 10.4 Å². The van der Waals surface area contributed by atoms with Crippen molar-refractivity contribution in [1.29, 1.82) is 0 Å². The van der Waals surface area contributed by atoms with E-state index in [2.05, 4.69) is 88.9 Å². The molecule has 0 unspecified atom stereocenters. The Morgan fingerprint density at radius 2 is 1.56 bits per heavy atom. The summed E-state index contributed by atoms with van der Waals surface area (Å²) in [6.07, 6.45) is 2.65. The van der Waals surface area contributed by atoms with Crippen LogP contribution in [-0.2, 0) is 14.0 Å². The lowest BCUT2D eigenvalue weighted by molar-refractivity contribution is -0.154. The maximum absolute atomic E-state index is 12.8. The molecule has 2 aromatic rings. The first kappa shape index (κ1) is 24.1. The molecule has 1 aliphatic rings. The molecule has 0 saturated carbocycles. The van der Waals surface area contributed by atoms with Crippen molar-refractivity contribution in [2.24, 2.45) is 11.3 Å². The number of carbonyl (C=O) groups excluding carboxylic acids is 1. The van der Waals surface area contributed by atoms with Gasteiger partial charge < -0.3 is 9.16 Å². The number of hydrogen-bond donors (Lipinski definition) is 0. The summed E-state index contributed by atoms with van der Waals surface area (Å²) in [7, 11) is -2.71. The summed E-state index contributed by atoms with van der Waals surface area (Å²) < 4.78 is 12.6. The van der Waals surface area contributed by atoms with E-state index in [0.717, 1.165) is 11.3 Å². The van der Waals surface area contributed by atoms with Crippen LogP contribution in [0.1, 0.15) is 48.0 Å². The van der Waals surface area contributed by atoms with E-state index in [1.807, 2.05) is 26.0 Å². The fraction of sp³-hybridized carbons (Fsp3) is 0.393. The molecule has 0 fully saturated rings. The van der Waals surface area contributed by atoms with Crippen molar-refractivity contribution in [2.75, 3.05) is 6.61 Å². The van der Waals surface area contributed by atoms with Gasteiger partial charge in [0.2, 0.25) is 0 Å². The predicted octanol–water partition coefficient (Wildman–Crippen LogP) is 5.61. The average Bonchev–Trinajstić information content (AvgIpc) is 2.76. The van der Waals surface area contributed by atoms with Gasteiger partial charge >= 0.3 is 14.3 Å². The van der Waals surface area contributed by atoms with Gasteiger partial charge in [-0.1, -0.05) is 101 Å². The first-order chi connectivity index (χ1) is 15.1. The molecule has 32 heavy (non-hydrogen) atoms. The largest absolute Gasteiger partial charge is 0.537 e. The minimum atomic E-state index is -2.71. The molecule has 170 valence electrons. The van der Waals surface area contributed by atoms with E-state index in [0.29, 0.717) is 13.0 Å². The fourth-order valence-corrected chi connectivity index (χ4v) is 9.21. The van der Waals surface area contributed by atoms with E-state index < -0.39 is 13.7 Å². The first-order valence-corrected chi connectivity index (χ1v) is 13.3. The van der Waals surface area contributed by atoms with Crippen LogP contribution in [0.2, 0.25) is 5.04 Å². The van der Waals surface area contributed by atoms with E-state index in [-0.39, 0.29) is 16.9 Å². The summed E-state index contributed by atoms with van der Waals surface area (Å²) in [4.78, 5) is 12.8. The predicted molar refractivity (Wildman–Crippen MR) is 134 cm³/mol. The van der Waals surface area contributed by atoms with Gasteiger partial charge in [0, 0.05) is 6.42 Å². The van der Waals surface area contributed by atoms with Gasteiger partial charge in [-0.15, -0.1) is 0 Å². The molecule has 0 bridgehead atoms. The number of rotatable bonds is 6. The molecule has 4 heteroatoms. The number of benzene rings is 2. The van der Waals surface area contributed by atoms with Crippen LogP contribution in [-0.4, -0.2) is 20.9 Å². The third-order valence-electron chi connectivity index (χ3n) is 6.87. The van der Waals surface area contributed by atoms with Crippen molar-refractivity contribution in [2.45, 2.75) is 53.0 Å². The van der Waals surface area contributed by atoms with Gasteiger partial charge in [-0.25, -0.2) is 0 Å². The van der Waals surface area contributed by atoms with Crippen molar-refractivity contribution in [3.8, 4) is 0 Å². The molecule has 0 heterocycles. The summed E-state index contributed by atoms with van der Waals surface area (Å²) in [6, 6.07) is 21.2. The third kappa shape index (κ3) is 4.08. The highest BCUT2D eigenvalue weighted by molar-refractivity contribution is 6.99. The lowest BCUT2D eigenvalue weighted by Crippen LogP contribution is -2.66. The molecule has 3 nitrogen and oxygen atoms in total. The lowest BCUT2D eigenvalue weighted by atomic mass is 9.68. The summed E-state index contributed by atoms with van der Waals surface area (Å²) in [5.74, 6) is 0.618. The monoisotopic (exact) mass is 448 g/mol. The van der Waals surface area contributed by atoms with Crippen LogP contribution in [0.4, 0.5) is 0 Å². The Bertz CT molecular complexity index is 949. The molecule has 2 atom stereocenters. The molecule has 0 saturated heterocycles. The highest BCUT2D eigenvalue weighted by Crippen LogP contribution is 2.46. The minimum absolute atomic E-state index is 0.0731. The Morgan fingerprint density at radius 1 is 1.06 bits per heavy atom. The van der Waals surface area contributed by atoms with Gasteiger partial charge in [-0.2, -0.15) is 0 Å². The van der Waals surface area contributed by atoms with Crippen LogP contribution in [0.25, 0.3) is 0 Å². The standard InChI is InChI=1S/C28H36O3Si/c1-8-30-26(29)28(7)21(2)19-23(20-22(28)3)31-32(27(4,5)6,24-15-11-9-12-16-24)25-17-13-10-14-18-25/h9-18,20,22H,2,8,19H2,1,3-7H3/t22-,28+/m0/s1. The van der Waals surface area contributed by atoms with Crippen molar-refractivity contribution >= 4 is 24.7 Å². The number of allylic oxidation sites excluding steroid dienone is 2. The number of ether oxygens (including phenoxy) is 1. The Morgan fingerprint density at radius 3 is 1.97 bits per heavy atom. The zero-order valence-corrected chi connectivity index (χ0v) is 21.3. The Kier molecular flexibility index (Phi) is 6.85. The second kappa shape index (κ2) is 9.11. The van der Waals surface area contributed by atoms with Crippen LogP contribution in [0.15, 0.2) is 84.7 Å². The van der Waals surface area contributed by atoms with Gasteiger partial charge in [-0.3, -0.25) is 4.79 Å². The molecule has 3 rings (SSSR count). The first-order valence-electron chi connectivity index (χ1n) is 11.4. The maximum atomic E-state index is 12.8. The molecule has 1 aliphatic carbocycles. The normalized spacial score (nSPS) is 21.6. The number of hydrogen-bond acceptors (Lipinski definition) is 3. The molecule has 0 amide bonds. The summed E-state index contributed by atoms with van der Waals surface area (Å²) in [5.41, 5.74) is 0.104. The average molecular weight is 449 g/mol. The molecule has 0 spiro atoms. The molecule has 0 radical (unpaired) electrons. The van der Waals surface area contributed by atoms with Gasteiger partial charge in [0.05, 0.1) is 17.8 Å². The number of carbonyl (C=O) groups is 1. The summed E-state index contributed by atoms with van der Waals surface area (Å²) in [5, 5.41) is 2.34. The second-order valence-electron chi connectivity index (χ2n) is 9.89. The van der Waals surface area contributed by atoms with Crippen molar-refractivity contribution in [3.05, 3.63) is 84.7 Å². The molecular formula is C28H36O3Si. The molecular weight excluding hydrogens is 412 g/mol. The van der Waals surface area contributed by atoms with Gasteiger partial charge in [0.25, 0.3) is 0 Å². The quantitative estimate of drug-likeness (QED) is 0.327. The third-order valence-corrected chi connectivity index (χ3v) is 11.8. The summed E-state index contributed by atoms with van der Waals surface area (Å²) in [6.45, 7) is 17.3. The van der Waals surface area contributed by atoms with Crippen molar-refractivity contribution in [3.63, 3.8) is 0 Å². The van der Waals surface area contributed by atoms with Crippen molar-refractivity contribution < 1.29 is 14.0 Å². The van der Waals surface area contributed by atoms with Gasteiger partial charge in [-0.05, 0) is 41.3 Å². The summed E-state index contributed by atoms with van der Waals surface area (Å²) >= 11 is 0. The van der Waals surface area contributed by atoms with E-state index in [9.17, 15) is 4.79 Å². The van der Waals surface area contributed by atoms with E-state index in [1.54, 1.807) is 0 Å². The van der Waals surface area contributed by atoms with Gasteiger partial charge in [0.1, 0.15) is 0 Å². The molecule has 0 aromatic heterocycles. The second-order valence-corrected chi connectivity index (χ2v) is 14.1. The zero-order chi connectivity index (χ0) is 23.6. The maximum Gasteiger partial charge on any atom is 0.319 e. The zero-order valence-electron chi connectivity index (χ0n) is 20.3. The van der Waals surface area contributed by atoms with E-state index in [4.69, 9.17) is 9.16 Å². The van der Waals surface area contributed by atoms with E-state index in [1.165, 1.54) is 10.4 Å². The van der Waals surface area contributed by atoms with E-state index >= 15 is 0 Å². The fourth-order valence-electron chi connectivity index (χ4n) is 4.75. The van der Waals surface area contributed by atoms with Crippen molar-refractivity contribution in [1.82, 2.24) is 0 Å². The Balaban J connectivity index is 2.13. The highest BCUT2D eigenvalue weighted by atomic mass is 28.4. The van der Waals surface area contributed by atoms with Gasteiger partial charge in [0.15, 0.2) is 0 Å². The molecule has 0 N–H and O–H groups in total. The molecule has 0 aliphatic heterocycles. The Hall–Kier alpha value is -2.59. The SMILES string of the molecule is C=C1CC(O[Si](c2ccccc2)(c2ccccc2)C(C)(C)C)=C[C@H](C)[C@]1(C)C(=O)OCC. The minimum Gasteiger partial charge on any atom is -0.537 e. The van der Waals surface area contributed by atoms with Crippen LogP contribution in [0.5, 0.6) is 0 Å². The van der Waals surface area contributed by atoms with Crippen LogP contribution >= 0.6 is 0 Å². The highest BCUT2D eigenvalue weighted by Gasteiger charge is 2.53. The van der Waals surface area contributed by atoms with Crippen LogP contribution in [0.3, 0.4) is 0 Å². The molecule has 2 aromatic carbocycles. The number of esters is 1. The lowest BCUT2D eigenvalue weighted by Gasteiger charge is -2.46.